The number of benzene rings is 1. The number of anilines is 3. The Hall–Kier alpha value is -2.29. The zero-order chi connectivity index (χ0) is 17.2. The topological polar surface area (TPSA) is 62.7 Å². The first kappa shape index (κ1) is 16.2. The lowest BCUT2D eigenvalue weighted by Crippen LogP contribution is -2.08. The van der Waals surface area contributed by atoms with Crippen LogP contribution in [0, 0.1) is 9.39 Å². The molecule has 5 nitrogen and oxygen atoms in total. The molecule has 0 saturated heterocycles. The summed E-state index contributed by atoms with van der Waals surface area (Å²) in [6.07, 6.45) is 3.95. The van der Waals surface area contributed by atoms with Gasteiger partial charge in [0, 0.05) is 21.9 Å². The first-order valence-corrected chi connectivity index (χ1v) is 9.04. The van der Waals surface area contributed by atoms with Crippen LogP contribution in [-0.4, -0.2) is 21.0 Å². The maximum atomic E-state index is 14.1. The van der Waals surface area contributed by atoms with Gasteiger partial charge in [0.05, 0.1) is 17.1 Å². The van der Waals surface area contributed by atoms with Gasteiger partial charge in [-0.25, -0.2) is 9.37 Å². The van der Waals surface area contributed by atoms with E-state index in [1.54, 1.807) is 18.3 Å². The number of nitrogens with one attached hydrogen (secondary N) is 2. The summed E-state index contributed by atoms with van der Waals surface area (Å²) in [5.41, 5.74) is 1.81. The number of hydrogen-bond acceptors (Lipinski definition) is 5. The molecule has 1 aliphatic carbocycles. The van der Waals surface area contributed by atoms with Crippen LogP contribution >= 0.6 is 22.6 Å². The van der Waals surface area contributed by atoms with Crippen LogP contribution in [-0.2, 0) is 0 Å². The Morgan fingerprint density at radius 3 is 2.64 bits per heavy atom. The van der Waals surface area contributed by atoms with Gasteiger partial charge in [0.15, 0.2) is 0 Å². The normalized spacial score (nSPS) is 13.5. The van der Waals surface area contributed by atoms with Crippen molar-refractivity contribution in [3.05, 3.63) is 58.0 Å². The number of aromatic nitrogens is 3. The maximum Gasteiger partial charge on any atom is 0.225 e. The van der Waals surface area contributed by atoms with Crippen LogP contribution in [0.1, 0.15) is 12.8 Å². The van der Waals surface area contributed by atoms with Crippen LogP contribution in [0.5, 0.6) is 0 Å². The molecule has 1 saturated carbocycles. The van der Waals surface area contributed by atoms with E-state index in [2.05, 4.69) is 48.2 Å². The Morgan fingerprint density at radius 1 is 1.04 bits per heavy atom. The fourth-order valence-electron chi connectivity index (χ4n) is 2.36. The van der Waals surface area contributed by atoms with Crippen molar-refractivity contribution in [2.45, 2.75) is 18.9 Å². The lowest BCUT2D eigenvalue weighted by molar-refractivity contribution is 0.631. The highest BCUT2D eigenvalue weighted by Crippen LogP contribution is 2.27. The predicted molar refractivity (Wildman–Crippen MR) is 104 cm³/mol. The molecule has 1 aliphatic rings. The second-order valence-corrected chi connectivity index (χ2v) is 7.09. The van der Waals surface area contributed by atoms with Crippen molar-refractivity contribution < 1.29 is 4.39 Å². The Labute approximate surface area is 158 Å². The van der Waals surface area contributed by atoms with Crippen LogP contribution in [0.4, 0.5) is 21.8 Å². The van der Waals surface area contributed by atoms with Crippen molar-refractivity contribution in [3.63, 3.8) is 0 Å². The minimum absolute atomic E-state index is 0.318. The van der Waals surface area contributed by atoms with Crippen molar-refractivity contribution in [2.24, 2.45) is 0 Å². The van der Waals surface area contributed by atoms with E-state index in [0.717, 1.165) is 22.1 Å². The lowest BCUT2D eigenvalue weighted by Gasteiger charge is -2.11. The average Bonchev–Trinajstić information content (AvgIpc) is 3.42. The molecular weight excluding hydrogens is 432 g/mol. The summed E-state index contributed by atoms with van der Waals surface area (Å²) in [4.78, 5) is 13.4. The first-order chi connectivity index (χ1) is 12.2. The van der Waals surface area contributed by atoms with E-state index in [4.69, 9.17) is 0 Å². The Morgan fingerprint density at radius 2 is 1.92 bits per heavy atom. The lowest BCUT2D eigenvalue weighted by atomic mass is 10.2. The minimum atomic E-state index is -0.318. The number of halogens is 2. The van der Waals surface area contributed by atoms with E-state index in [1.165, 1.54) is 6.07 Å². The molecule has 2 aromatic heterocycles. The summed E-state index contributed by atoms with van der Waals surface area (Å²) in [7, 11) is 0. The molecule has 2 heterocycles. The van der Waals surface area contributed by atoms with E-state index in [9.17, 15) is 4.39 Å². The zero-order valence-electron chi connectivity index (χ0n) is 13.2. The van der Waals surface area contributed by atoms with Crippen LogP contribution < -0.4 is 10.6 Å². The molecule has 0 spiro atoms. The molecule has 0 radical (unpaired) electrons. The van der Waals surface area contributed by atoms with Crippen molar-refractivity contribution in [1.29, 1.82) is 0 Å². The second-order valence-electron chi connectivity index (χ2n) is 5.84. The van der Waals surface area contributed by atoms with Gasteiger partial charge in [0.2, 0.25) is 5.95 Å². The van der Waals surface area contributed by atoms with Gasteiger partial charge in [-0.3, -0.25) is 4.98 Å². The van der Waals surface area contributed by atoms with Gasteiger partial charge in [-0.05, 0) is 65.8 Å². The average molecular weight is 447 g/mol. The highest BCUT2D eigenvalue weighted by Gasteiger charge is 2.22. The van der Waals surface area contributed by atoms with Crippen molar-refractivity contribution in [1.82, 2.24) is 15.0 Å². The largest absolute Gasteiger partial charge is 0.351 e. The minimum Gasteiger partial charge on any atom is -0.351 e. The van der Waals surface area contributed by atoms with E-state index >= 15 is 0 Å². The number of rotatable bonds is 5. The Kier molecular flexibility index (Phi) is 4.48. The summed E-state index contributed by atoms with van der Waals surface area (Å²) < 4.78 is 15.0. The molecule has 7 heteroatoms. The molecule has 0 unspecified atom stereocenters. The zero-order valence-corrected chi connectivity index (χ0v) is 15.4. The summed E-state index contributed by atoms with van der Waals surface area (Å²) in [5, 5.41) is 6.34. The molecule has 0 amide bonds. The van der Waals surface area contributed by atoms with Crippen molar-refractivity contribution in [3.8, 4) is 11.4 Å². The number of hydrogen-bond donors (Lipinski definition) is 2. The predicted octanol–water partition coefficient (Wildman–Crippen LogP) is 4.60. The van der Waals surface area contributed by atoms with Gasteiger partial charge < -0.3 is 10.6 Å². The Bertz CT molecular complexity index is 899. The van der Waals surface area contributed by atoms with Crippen LogP contribution in [0.15, 0.2) is 48.7 Å². The third-order valence-electron chi connectivity index (χ3n) is 3.76. The molecule has 0 atom stereocenters. The summed E-state index contributed by atoms with van der Waals surface area (Å²) in [5.74, 6) is 0.736. The second kappa shape index (κ2) is 6.91. The highest BCUT2D eigenvalue weighted by molar-refractivity contribution is 14.1. The van der Waals surface area contributed by atoms with Gasteiger partial charge in [-0.1, -0.05) is 6.07 Å². The molecule has 3 aromatic rings. The standard InChI is InChI=1S/C18H15FIN5/c19-13-9-11(20)4-7-14(13)23-17-10-16(15-3-1-2-8-21-15)24-18(25-17)22-12-5-6-12/h1-4,7-10,12H,5-6H2,(H2,22,23,24,25). The smallest absolute Gasteiger partial charge is 0.225 e. The maximum absolute atomic E-state index is 14.1. The summed E-state index contributed by atoms with van der Waals surface area (Å²) in [6.45, 7) is 0. The van der Waals surface area contributed by atoms with Gasteiger partial charge >= 0.3 is 0 Å². The van der Waals surface area contributed by atoms with E-state index in [-0.39, 0.29) is 5.82 Å². The van der Waals surface area contributed by atoms with Crippen molar-refractivity contribution >= 4 is 40.0 Å². The molecule has 0 aliphatic heterocycles. The number of pyridine rings is 1. The van der Waals surface area contributed by atoms with Crippen LogP contribution in [0.3, 0.4) is 0 Å². The molecule has 4 rings (SSSR count). The van der Waals surface area contributed by atoms with Gasteiger partial charge in [0.25, 0.3) is 0 Å². The number of nitrogens with zero attached hydrogens (tertiary/aromatic N) is 3. The quantitative estimate of drug-likeness (QED) is 0.560. The summed E-state index contributed by atoms with van der Waals surface area (Å²) >= 11 is 2.08. The van der Waals surface area contributed by atoms with Crippen molar-refractivity contribution in [2.75, 3.05) is 10.6 Å². The molecule has 1 fully saturated rings. The summed E-state index contributed by atoms with van der Waals surface area (Å²) in [6, 6.07) is 12.9. The monoisotopic (exact) mass is 447 g/mol. The molecule has 0 bridgehead atoms. The molecule has 126 valence electrons. The molecule has 25 heavy (non-hydrogen) atoms. The van der Waals surface area contributed by atoms with Crippen LogP contribution in [0.25, 0.3) is 11.4 Å². The van der Waals surface area contributed by atoms with Gasteiger partial charge in [-0.15, -0.1) is 0 Å². The molecule has 2 N–H and O–H groups in total. The van der Waals surface area contributed by atoms with Gasteiger partial charge in [-0.2, -0.15) is 4.98 Å². The molecular formula is C18H15FIN5. The fraction of sp³-hybridized carbons (Fsp3) is 0.167. The Balaban J connectivity index is 1.70. The van der Waals surface area contributed by atoms with Crippen LogP contribution in [0.2, 0.25) is 0 Å². The fourth-order valence-corrected chi connectivity index (χ4v) is 2.81. The van der Waals surface area contributed by atoms with E-state index in [0.29, 0.717) is 29.2 Å². The first-order valence-electron chi connectivity index (χ1n) is 7.96. The van der Waals surface area contributed by atoms with E-state index in [1.807, 2.05) is 24.3 Å². The third-order valence-corrected chi connectivity index (χ3v) is 4.43. The highest BCUT2D eigenvalue weighted by atomic mass is 127. The molecule has 1 aromatic carbocycles. The van der Waals surface area contributed by atoms with E-state index < -0.39 is 0 Å². The third kappa shape index (κ3) is 4.04. The van der Waals surface area contributed by atoms with Gasteiger partial charge in [0.1, 0.15) is 11.6 Å². The SMILES string of the molecule is Fc1cc(I)ccc1Nc1cc(-c2ccccn2)nc(NC2CC2)n1.